The van der Waals surface area contributed by atoms with Crippen LogP contribution in [0, 0.1) is 0 Å². The van der Waals surface area contributed by atoms with E-state index in [0.29, 0.717) is 0 Å². The van der Waals surface area contributed by atoms with E-state index in [-0.39, 0.29) is 0 Å². The van der Waals surface area contributed by atoms with Gasteiger partial charge < -0.3 is 9.13 Å². The van der Waals surface area contributed by atoms with Crippen LogP contribution in [0.3, 0.4) is 0 Å². The molecule has 0 saturated carbocycles. The molecule has 0 bridgehead atoms. The van der Waals surface area contributed by atoms with Crippen LogP contribution in [0.15, 0.2) is 243 Å². The normalized spacial score (nSPS) is 11.8. The molecular weight excluding hydrogens is 825 g/mol. The van der Waals surface area contributed by atoms with E-state index in [4.69, 9.17) is 9.97 Å². The van der Waals surface area contributed by atoms with Gasteiger partial charge in [0.05, 0.1) is 45.0 Å². The highest BCUT2D eigenvalue weighted by atomic mass is 15.0. The Hall–Kier alpha value is -9.12. The number of rotatable bonds is 6. The van der Waals surface area contributed by atoms with Gasteiger partial charge in [0.1, 0.15) is 0 Å². The van der Waals surface area contributed by atoms with Crippen molar-refractivity contribution in [1.82, 2.24) is 19.1 Å². The lowest BCUT2D eigenvalue weighted by Crippen LogP contribution is -1.94. The molecule has 0 N–H and O–H groups in total. The number of nitrogens with zero attached hydrogens (tertiary/aromatic N) is 4. The van der Waals surface area contributed by atoms with E-state index in [1.54, 1.807) is 0 Å². The molecule has 0 saturated heterocycles. The first-order chi connectivity index (χ1) is 33.7. The molecule has 14 rings (SSSR count). The SMILES string of the molecule is c1ccc(-c2ccc3c(c2)c2cc(-c4ccc5c(c4)c4ccccc4n5-c4ccccc4)ccc2n3-c2ccc(-c3cccc(-c4cnc5c6ccccc6c6ccccc6c5n4)c3)cc2)cc1. The van der Waals surface area contributed by atoms with Crippen molar-refractivity contribution in [2.24, 2.45) is 0 Å². The van der Waals surface area contributed by atoms with E-state index in [1.807, 2.05) is 6.20 Å². The predicted molar refractivity (Wildman–Crippen MR) is 285 cm³/mol. The second-order valence-corrected chi connectivity index (χ2v) is 17.8. The predicted octanol–water partition coefficient (Wildman–Crippen LogP) is 16.8. The number of benzene rings is 11. The van der Waals surface area contributed by atoms with Crippen LogP contribution in [0.25, 0.3) is 132 Å². The highest BCUT2D eigenvalue weighted by Crippen LogP contribution is 2.41. The van der Waals surface area contributed by atoms with Crippen molar-refractivity contribution >= 4 is 76.2 Å². The average molecular weight is 865 g/mol. The average Bonchev–Trinajstić information content (AvgIpc) is 3.93. The summed E-state index contributed by atoms with van der Waals surface area (Å²) in [7, 11) is 0. The fraction of sp³-hybridized carbons (Fsp3) is 0. The summed E-state index contributed by atoms with van der Waals surface area (Å²) in [5, 5.41) is 9.56. The molecular formula is C64H40N4. The maximum atomic E-state index is 5.29. The highest BCUT2D eigenvalue weighted by Gasteiger charge is 2.18. The Morgan fingerprint density at radius 2 is 0.662 bits per heavy atom. The van der Waals surface area contributed by atoms with Gasteiger partial charge in [0.2, 0.25) is 0 Å². The minimum Gasteiger partial charge on any atom is -0.309 e. The molecule has 0 unspecified atom stereocenters. The number of hydrogen-bond donors (Lipinski definition) is 0. The molecule has 3 aromatic heterocycles. The minimum absolute atomic E-state index is 0.856. The fourth-order valence-corrected chi connectivity index (χ4v) is 10.7. The second kappa shape index (κ2) is 15.2. The number of fused-ring (bicyclic) bond motifs is 12. The molecule has 0 fully saturated rings. The van der Waals surface area contributed by atoms with Gasteiger partial charge in [0, 0.05) is 49.3 Å². The van der Waals surface area contributed by atoms with Crippen molar-refractivity contribution in [2.45, 2.75) is 0 Å². The van der Waals surface area contributed by atoms with Gasteiger partial charge in [0.25, 0.3) is 0 Å². The quantitative estimate of drug-likeness (QED) is 0.156. The third-order valence-electron chi connectivity index (χ3n) is 13.9. The van der Waals surface area contributed by atoms with Gasteiger partial charge in [-0.1, -0.05) is 164 Å². The summed E-state index contributed by atoms with van der Waals surface area (Å²) < 4.78 is 4.79. The largest absolute Gasteiger partial charge is 0.309 e. The number of para-hydroxylation sites is 2. The lowest BCUT2D eigenvalue weighted by atomic mass is 9.99. The first-order valence-corrected chi connectivity index (χ1v) is 23.2. The van der Waals surface area contributed by atoms with E-state index < -0.39 is 0 Å². The molecule has 0 aliphatic rings. The number of aromatic nitrogens is 4. The molecule has 0 atom stereocenters. The molecule has 0 aliphatic carbocycles. The molecule has 0 amide bonds. The number of hydrogen-bond acceptors (Lipinski definition) is 2. The Morgan fingerprint density at radius 1 is 0.250 bits per heavy atom. The van der Waals surface area contributed by atoms with E-state index in [9.17, 15) is 0 Å². The lowest BCUT2D eigenvalue weighted by molar-refractivity contribution is 1.18. The van der Waals surface area contributed by atoms with Crippen molar-refractivity contribution in [3.63, 3.8) is 0 Å². The third-order valence-corrected chi connectivity index (χ3v) is 13.9. The van der Waals surface area contributed by atoms with Gasteiger partial charge in [-0.05, 0) is 117 Å². The zero-order valence-corrected chi connectivity index (χ0v) is 36.9. The third kappa shape index (κ3) is 6.01. The Bertz CT molecular complexity index is 4260. The molecule has 14 aromatic rings. The molecule has 0 spiro atoms. The standard InChI is InChI=1S/C64H40N4/c1-3-14-41(15-4-1)44-28-33-61-56(37-44)57-39-46(45-29-34-60-55(38-45)52-22-11-12-25-59(52)67(60)48-18-5-2-6-19-48)30-35-62(57)68(61)49-31-26-42(27-32-49)43-16-13-17-47(36-43)58-40-65-63-53-23-9-7-20-50(53)51-21-8-10-24-54(51)64(63)66-58/h1-40H. The summed E-state index contributed by atoms with van der Waals surface area (Å²) in [5.74, 6) is 0. The van der Waals surface area contributed by atoms with Crippen LogP contribution in [0.2, 0.25) is 0 Å². The zero-order chi connectivity index (χ0) is 44.7. The Morgan fingerprint density at radius 3 is 1.29 bits per heavy atom. The van der Waals surface area contributed by atoms with Crippen LogP contribution in [0.1, 0.15) is 0 Å². The molecule has 11 aromatic carbocycles. The van der Waals surface area contributed by atoms with Crippen molar-refractivity contribution < 1.29 is 0 Å². The summed E-state index contributed by atoms with van der Waals surface area (Å²) in [6.07, 6.45) is 1.92. The Kier molecular flexibility index (Phi) is 8.55. The van der Waals surface area contributed by atoms with Crippen molar-refractivity contribution in [2.75, 3.05) is 0 Å². The zero-order valence-electron chi connectivity index (χ0n) is 36.9. The van der Waals surface area contributed by atoms with E-state index in [2.05, 4.69) is 246 Å². The summed E-state index contributed by atoms with van der Waals surface area (Å²) in [6, 6.07) is 85.6. The van der Waals surface area contributed by atoms with Crippen LogP contribution in [0.5, 0.6) is 0 Å². The summed E-state index contributed by atoms with van der Waals surface area (Å²) in [4.78, 5) is 10.3. The molecule has 0 aliphatic heterocycles. The smallest absolute Gasteiger partial charge is 0.0979 e. The molecule has 4 nitrogen and oxygen atoms in total. The van der Waals surface area contributed by atoms with Gasteiger partial charge >= 0.3 is 0 Å². The van der Waals surface area contributed by atoms with Gasteiger partial charge in [-0.15, -0.1) is 0 Å². The minimum atomic E-state index is 0.856. The first kappa shape index (κ1) is 38.2. The lowest BCUT2D eigenvalue weighted by Gasteiger charge is -2.12. The van der Waals surface area contributed by atoms with Gasteiger partial charge in [0.15, 0.2) is 0 Å². The van der Waals surface area contributed by atoms with Crippen LogP contribution >= 0.6 is 0 Å². The Labute approximate surface area is 392 Å². The summed E-state index contributed by atoms with van der Waals surface area (Å²) in [5.41, 5.74) is 17.8. The monoisotopic (exact) mass is 864 g/mol. The van der Waals surface area contributed by atoms with Gasteiger partial charge in [-0.3, -0.25) is 4.98 Å². The van der Waals surface area contributed by atoms with Crippen LogP contribution in [0.4, 0.5) is 0 Å². The van der Waals surface area contributed by atoms with Crippen LogP contribution in [-0.2, 0) is 0 Å². The van der Waals surface area contributed by atoms with Gasteiger partial charge in [-0.2, -0.15) is 0 Å². The second-order valence-electron chi connectivity index (χ2n) is 17.8. The fourth-order valence-electron chi connectivity index (χ4n) is 10.7. The molecule has 68 heavy (non-hydrogen) atoms. The van der Waals surface area contributed by atoms with Crippen molar-refractivity contribution in [3.05, 3.63) is 243 Å². The first-order valence-electron chi connectivity index (χ1n) is 23.2. The van der Waals surface area contributed by atoms with E-state index >= 15 is 0 Å². The Balaban J connectivity index is 0.869. The van der Waals surface area contributed by atoms with Crippen molar-refractivity contribution in [1.29, 1.82) is 0 Å². The summed E-state index contributed by atoms with van der Waals surface area (Å²) >= 11 is 0. The van der Waals surface area contributed by atoms with E-state index in [0.717, 1.165) is 55.6 Å². The molecule has 316 valence electrons. The van der Waals surface area contributed by atoms with Gasteiger partial charge in [-0.25, -0.2) is 4.98 Å². The maximum absolute atomic E-state index is 5.29. The topological polar surface area (TPSA) is 35.6 Å². The van der Waals surface area contributed by atoms with Crippen molar-refractivity contribution in [3.8, 4) is 56.0 Å². The maximum Gasteiger partial charge on any atom is 0.0979 e. The van der Waals surface area contributed by atoms with Crippen LogP contribution in [-0.4, -0.2) is 19.1 Å². The van der Waals surface area contributed by atoms with Crippen LogP contribution < -0.4 is 0 Å². The van der Waals surface area contributed by atoms with E-state index in [1.165, 1.54) is 76.6 Å². The summed E-state index contributed by atoms with van der Waals surface area (Å²) in [6.45, 7) is 0. The molecule has 3 heterocycles. The highest BCUT2D eigenvalue weighted by molar-refractivity contribution is 6.23. The molecule has 0 radical (unpaired) electrons. The molecule has 4 heteroatoms.